The Kier molecular flexibility index (Phi) is 4.10. The van der Waals surface area contributed by atoms with Crippen LogP contribution in [-0.2, 0) is 4.79 Å². The van der Waals surface area contributed by atoms with Gasteiger partial charge in [0.2, 0.25) is 0 Å². The molecule has 1 fully saturated rings. The summed E-state index contributed by atoms with van der Waals surface area (Å²) in [6.07, 6.45) is -0.799. The van der Waals surface area contributed by atoms with Crippen LogP contribution < -0.4 is 4.90 Å². The van der Waals surface area contributed by atoms with Crippen LogP contribution in [0.5, 0.6) is 0 Å². The lowest BCUT2D eigenvalue weighted by Crippen LogP contribution is -2.47. The van der Waals surface area contributed by atoms with E-state index < -0.39 is 24.1 Å². The number of hydrogen-bond acceptors (Lipinski definition) is 4. The van der Waals surface area contributed by atoms with Crippen molar-refractivity contribution in [3.63, 3.8) is 0 Å². The molecule has 0 bridgehead atoms. The van der Waals surface area contributed by atoms with E-state index in [1.807, 2.05) is 6.07 Å². The number of likely N-dealkylation sites (tertiary alicyclic amines) is 1. The fourth-order valence-corrected chi connectivity index (χ4v) is 2.32. The monoisotopic (exact) mass is 289 g/mol. The Bertz CT molecular complexity index is 593. The lowest BCUT2D eigenvalue weighted by Gasteiger charge is -2.27. The van der Waals surface area contributed by atoms with Crippen LogP contribution >= 0.6 is 0 Å². The molecule has 1 aromatic carbocycles. The number of β-amino-alcohol motifs (C(OH)–C–C–N with tert-alkyl or cyclic N) is 1. The third-order valence-corrected chi connectivity index (χ3v) is 3.48. The van der Waals surface area contributed by atoms with Gasteiger partial charge in [0.1, 0.15) is 6.04 Å². The summed E-state index contributed by atoms with van der Waals surface area (Å²) in [6, 6.07) is 6.84. The number of benzene rings is 1. The number of carboxylic acids is 1. The first-order chi connectivity index (χ1) is 9.93. The first-order valence-electron chi connectivity index (χ1n) is 6.39. The van der Waals surface area contributed by atoms with Gasteiger partial charge in [0, 0.05) is 25.7 Å². The fraction of sp³-hybridized carbons (Fsp3) is 0.357. The molecule has 0 radical (unpaired) electrons. The Hall–Kier alpha value is -2.59. The SMILES string of the molecule is CN(C(=O)N1C[C@@H](O)C[C@H]1C(=O)O)c1ccc(C#N)cc1. The van der Waals surface area contributed by atoms with Gasteiger partial charge in [-0.15, -0.1) is 0 Å². The highest BCUT2D eigenvalue weighted by Gasteiger charge is 2.40. The smallest absolute Gasteiger partial charge is 0.326 e. The Morgan fingerprint density at radius 2 is 2.00 bits per heavy atom. The average molecular weight is 289 g/mol. The normalized spacial score (nSPS) is 20.9. The van der Waals surface area contributed by atoms with Crippen LogP contribution in [-0.4, -0.2) is 52.9 Å². The van der Waals surface area contributed by atoms with Crippen molar-refractivity contribution in [2.45, 2.75) is 18.6 Å². The Balaban J connectivity index is 2.18. The maximum atomic E-state index is 12.4. The van der Waals surface area contributed by atoms with Crippen molar-refractivity contribution < 1.29 is 19.8 Å². The molecule has 2 amide bonds. The summed E-state index contributed by atoms with van der Waals surface area (Å²) >= 11 is 0. The predicted molar refractivity (Wildman–Crippen MR) is 73.7 cm³/mol. The molecule has 0 aliphatic carbocycles. The number of carboxylic acid groups (broad SMARTS) is 1. The largest absolute Gasteiger partial charge is 0.480 e. The molecule has 2 atom stereocenters. The number of nitriles is 1. The van der Waals surface area contributed by atoms with Gasteiger partial charge < -0.3 is 15.1 Å². The van der Waals surface area contributed by atoms with Crippen molar-refractivity contribution in [2.75, 3.05) is 18.5 Å². The second-order valence-electron chi connectivity index (χ2n) is 4.90. The Labute approximate surface area is 121 Å². The molecule has 1 aliphatic heterocycles. The number of aliphatic hydroxyl groups is 1. The number of rotatable bonds is 2. The van der Waals surface area contributed by atoms with E-state index in [2.05, 4.69) is 0 Å². The molecule has 2 N–H and O–H groups in total. The van der Waals surface area contributed by atoms with Crippen molar-refractivity contribution in [3.05, 3.63) is 29.8 Å². The number of anilines is 1. The third-order valence-electron chi connectivity index (χ3n) is 3.48. The molecule has 7 heteroatoms. The van der Waals surface area contributed by atoms with Crippen molar-refractivity contribution in [3.8, 4) is 6.07 Å². The standard InChI is InChI=1S/C14H15N3O4/c1-16(10-4-2-9(7-15)3-5-10)14(21)17-8-11(18)6-12(17)13(19)20/h2-5,11-12,18H,6,8H2,1H3,(H,19,20)/t11-,12-/m0/s1. The van der Waals surface area contributed by atoms with Crippen LogP contribution in [0.1, 0.15) is 12.0 Å². The highest BCUT2D eigenvalue weighted by atomic mass is 16.4. The van der Waals surface area contributed by atoms with E-state index in [9.17, 15) is 14.7 Å². The highest BCUT2D eigenvalue weighted by molar-refractivity contribution is 5.94. The number of carbonyl (C=O) groups excluding carboxylic acids is 1. The fourth-order valence-electron chi connectivity index (χ4n) is 2.32. The average Bonchev–Trinajstić information content (AvgIpc) is 2.88. The second-order valence-corrected chi connectivity index (χ2v) is 4.90. The summed E-state index contributed by atoms with van der Waals surface area (Å²) in [7, 11) is 1.52. The number of nitrogens with zero attached hydrogens (tertiary/aromatic N) is 3. The number of hydrogen-bond donors (Lipinski definition) is 2. The lowest BCUT2D eigenvalue weighted by molar-refractivity contribution is -0.141. The molecule has 110 valence electrons. The first kappa shape index (κ1) is 14.8. The van der Waals surface area contributed by atoms with Gasteiger partial charge in [-0.2, -0.15) is 5.26 Å². The molecule has 1 heterocycles. The zero-order valence-corrected chi connectivity index (χ0v) is 11.4. The molecule has 0 spiro atoms. The molecule has 21 heavy (non-hydrogen) atoms. The molecular formula is C14H15N3O4. The number of amides is 2. The topological polar surface area (TPSA) is 105 Å². The van der Waals surface area contributed by atoms with E-state index in [4.69, 9.17) is 10.4 Å². The second kappa shape index (κ2) is 5.81. The van der Waals surface area contributed by atoms with Crippen molar-refractivity contribution in [1.29, 1.82) is 5.26 Å². The quantitative estimate of drug-likeness (QED) is 0.831. The maximum absolute atomic E-state index is 12.4. The van der Waals surface area contributed by atoms with Gasteiger partial charge in [0.05, 0.1) is 17.7 Å². The summed E-state index contributed by atoms with van der Waals surface area (Å²) < 4.78 is 0. The van der Waals surface area contributed by atoms with Gasteiger partial charge >= 0.3 is 12.0 Å². The van der Waals surface area contributed by atoms with Gasteiger partial charge in [0.25, 0.3) is 0 Å². The Morgan fingerprint density at radius 3 is 2.52 bits per heavy atom. The molecule has 2 rings (SSSR count). The third kappa shape index (κ3) is 2.95. The van der Waals surface area contributed by atoms with Crippen LogP contribution in [0.25, 0.3) is 0 Å². The van der Waals surface area contributed by atoms with Gasteiger partial charge in [-0.05, 0) is 24.3 Å². The minimum absolute atomic E-state index is 0.00355. The molecule has 1 saturated heterocycles. The summed E-state index contributed by atoms with van der Waals surface area (Å²) in [4.78, 5) is 26.0. The molecule has 1 aliphatic rings. The van der Waals surface area contributed by atoms with Crippen LogP contribution in [0.15, 0.2) is 24.3 Å². The summed E-state index contributed by atoms with van der Waals surface area (Å²) in [5.74, 6) is -1.13. The van der Waals surface area contributed by atoms with Gasteiger partial charge in [-0.1, -0.05) is 0 Å². The van der Waals surface area contributed by atoms with E-state index >= 15 is 0 Å². The van der Waals surface area contributed by atoms with E-state index in [0.717, 1.165) is 4.90 Å². The molecule has 7 nitrogen and oxygen atoms in total. The minimum Gasteiger partial charge on any atom is -0.480 e. The predicted octanol–water partition coefficient (Wildman–Crippen LogP) is 0.634. The zero-order valence-electron chi connectivity index (χ0n) is 11.4. The number of aliphatic carboxylic acids is 1. The van der Waals surface area contributed by atoms with Gasteiger partial charge in [-0.25, -0.2) is 9.59 Å². The van der Waals surface area contributed by atoms with Crippen LogP contribution in [0.4, 0.5) is 10.5 Å². The van der Waals surface area contributed by atoms with Crippen LogP contribution in [0.3, 0.4) is 0 Å². The molecule has 0 saturated carbocycles. The van der Waals surface area contributed by atoms with Gasteiger partial charge in [0.15, 0.2) is 0 Å². The van der Waals surface area contributed by atoms with Crippen LogP contribution in [0.2, 0.25) is 0 Å². The maximum Gasteiger partial charge on any atom is 0.326 e. The van der Waals surface area contributed by atoms with E-state index in [1.165, 1.54) is 11.9 Å². The summed E-state index contributed by atoms with van der Waals surface area (Å²) in [5, 5.41) is 27.4. The van der Waals surface area contributed by atoms with Crippen molar-refractivity contribution in [2.24, 2.45) is 0 Å². The summed E-state index contributed by atoms with van der Waals surface area (Å²) in [6.45, 7) is -0.00355. The highest BCUT2D eigenvalue weighted by Crippen LogP contribution is 2.22. The number of urea groups is 1. The van der Waals surface area contributed by atoms with E-state index in [1.54, 1.807) is 24.3 Å². The number of carbonyl (C=O) groups is 2. The Morgan fingerprint density at radius 1 is 1.38 bits per heavy atom. The zero-order chi connectivity index (χ0) is 15.6. The van der Waals surface area contributed by atoms with E-state index in [-0.39, 0.29) is 13.0 Å². The van der Waals surface area contributed by atoms with Crippen LogP contribution in [0, 0.1) is 11.3 Å². The molecule has 1 aromatic rings. The van der Waals surface area contributed by atoms with Crippen molar-refractivity contribution >= 4 is 17.7 Å². The molecular weight excluding hydrogens is 274 g/mol. The molecule has 0 unspecified atom stereocenters. The van der Waals surface area contributed by atoms with Crippen molar-refractivity contribution in [1.82, 2.24) is 4.90 Å². The molecule has 0 aromatic heterocycles. The van der Waals surface area contributed by atoms with E-state index in [0.29, 0.717) is 11.3 Å². The minimum atomic E-state index is -1.13. The lowest BCUT2D eigenvalue weighted by atomic mass is 10.2. The first-order valence-corrected chi connectivity index (χ1v) is 6.39. The number of aliphatic hydroxyl groups excluding tert-OH is 1. The van der Waals surface area contributed by atoms with Gasteiger partial charge in [-0.3, -0.25) is 4.90 Å². The summed E-state index contributed by atoms with van der Waals surface area (Å²) in [5.41, 5.74) is 1.02.